The number of carbonyl (C=O) groups excluding carboxylic acids is 1. The van der Waals surface area contributed by atoms with Crippen molar-refractivity contribution in [2.75, 3.05) is 7.11 Å². The van der Waals surface area contributed by atoms with Gasteiger partial charge in [0.2, 0.25) is 0 Å². The van der Waals surface area contributed by atoms with Crippen LogP contribution in [0.25, 0.3) is 0 Å². The third kappa shape index (κ3) is 1.87. The Kier molecular flexibility index (Phi) is 3.29. The first kappa shape index (κ1) is 9.74. The lowest BCUT2D eigenvalue weighted by Crippen LogP contribution is -1.95. The van der Waals surface area contributed by atoms with Gasteiger partial charge in [-0.05, 0) is 15.9 Å². The molecular formula is C8H9BrO2S. The summed E-state index contributed by atoms with van der Waals surface area (Å²) in [4.78, 5) is 12.0. The molecule has 12 heavy (non-hydrogen) atoms. The van der Waals surface area contributed by atoms with Crippen LogP contribution >= 0.6 is 27.3 Å². The molecule has 4 heteroatoms. The number of hydrogen-bond donors (Lipinski definition) is 0. The van der Waals surface area contributed by atoms with Gasteiger partial charge in [0.25, 0.3) is 0 Å². The van der Waals surface area contributed by atoms with E-state index in [9.17, 15) is 4.79 Å². The molecule has 0 aliphatic carbocycles. The van der Waals surface area contributed by atoms with Crippen LogP contribution in [0.2, 0.25) is 0 Å². The molecule has 0 aliphatic rings. The van der Waals surface area contributed by atoms with E-state index in [1.165, 1.54) is 11.3 Å². The normalized spacial score (nSPS) is 9.92. The third-order valence-electron chi connectivity index (χ3n) is 1.46. The number of ketones is 1. The Balaban J connectivity index is 3.04. The molecule has 0 spiro atoms. The molecule has 0 aliphatic heterocycles. The molecule has 0 unspecified atom stereocenters. The number of Topliss-reactive ketones (excluding diaryl/α,β-unsaturated/α-hetero) is 1. The molecule has 0 N–H and O–H groups in total. The Morgan fingerprint density at radius 1 is 1.75 bits per heavy atom. The first-order chi connectivity index (χ1) is 5.69. The predicted octanol–water partition coefficient (Wildman–Crippen LogP) is 3.11. The zero-order valence-corrected chi connectivity index (χ0v) is 9.29. The Labute approximate surface area is 83.7 Å². The number of hydrogen-bond acceptors (Lipinski definition) is 3. The Bertz CT molecular complexity index is 293. The fraction of sp³-hybridized carbons (Fsp3) is 0.375. The Morgan fingerprint density at radius 2 is 2.42 bits per heavy atom. The van der Waals surface area contributed by atoms with Crippen LogP contribution in [0.15, 0.2) is 9.85 Å². The van der Waals surface area contributed by atoms with Crippen molar-refractivity contribution < 1.29 is 9.53 Å². The van der Waals surface area contributed by atoms with E-state index in [0.717, 1.165) is 3.79 Å². The maximum absolute atomic E-state index is 11.3. The van der Waals surface area contributed by atoms with E-state index >= 15 is 0 Å². The Hall–Kier alpha value is -0.350. The summed E-state index contributed by atoms with van der Waals surface area (Å²) in [6.07, 6.45) is 0.517. The lowest BCUT2D eigenvalue weighted by molar-refractivity contribution is 0.0989. The molecule has 1 aromatic heterocycles. The molecule has 0 saturated carbocycles. The highest BCUT2D eigenvalue weighted by atomic mass is 79.9. The van der Waals surface area contributed by atoms with E-state index < -0.39 is 0 Å². The SMILES string of the molecule is CCC(=O)c1sc(Br)cc1OC. The lowest BCUT2D eigenvalue weighted by atomic mass is 10.2. The largest absolute Gasteiger partial charge is 0.495 e. The van der Waals surface area contributed by atoms with Crippen molar-refractivity contribution >= 4 is 33.0 Å². The number of ether oxygens (including phenoxy) is 1. The molecule has 2 nitrogen and oxygen atoms in total. The van der Waals surface area contributed by atoms with Gasteiger partial charge in [0.1, 0.15) is 10.6 Å². The number of thiophene rings is 1. The fourth-order valence-corrected chi connectivity index (χ4v) is 2.41. The summed E-state index contributed by atoms with van der Waals surface area (Å²) in [7, 11) is 1.57. The zero-order valence-electron chi connectivity index (χ0n) is 6.89. The van der Waals surface area contributed by atoms with E-state index in [1.807, 2.05) is 13.0 Å². The smallest absolute Gasteiger partial charge is 0.176 e. The minimum absolute atomic E-state index is 0.127. The highest BCUT2D eigenvalue weighted by Gasteiger charge is 2.13. The highest BCUT2D eigenvalue weighted by molar-refractivity contribution is 9.11. The summed E-state index contributed by atoms with van der Waals surface area (Å²) in [6, 6.07) is 1.81. The van der Waals surface area contributed by atoms with Crippen LogP contribution < -0.4 is 4.74 Å². The standard InChI is InChI=1S/C8H9BrO2S/c1-3-5(10)8-6(11-2)4-7(9)12-8/h4H,3H2,1-2H3. The van der Waals surface area contributed by atoms with Gasteiger partial charge in [-0.2, -0.15) is 0 Å². The number of carbonyl (C=O) groups is 1. The lowest BCUT2D eigenvalue weighted by Gasteiger charge is -1.97. The summed E-state index contributed by atoms with van der Waals surface area (Å²) in [5.41, 5.74) is 0. The van der Waals surface area contributed by atoms with Gasteiger partial charge in [-0.25, -0.2) is 0 Å². The molecule has 0 saturated heterocycles. The van der Waals surface area contributed by atoms with E-state index in [-0.39, 0.29) is 5.78 Å². The zero-order chi connectivity index (χ0) is 9.14. The van der Waals surface area contributed by atoms with E-state index in [4.69, 9.17) is 4.74 Å². The number of methoxy groups -OCH3 is 1. The minimum atomic E-state index is 0.127. The monoisotopic (exact) mass is 248 g/mol. The molecule has 0 atom stereocenters. The van der Waals surface area contributed by atoms with Gasteiger partial charge in [0, 0.05) is 12.5 Å². The molecular weight excluding hydrogens is 240 g/mol. The van der Waals surface area contributed by atoms with Crippen molar-refractivity contribution in [1.82, 2.24) is 0 Å². The van der Waals surface area contributed by atoms with Gasteiger partial charge in [-0.3, -0.25) is 4.79 Å². The van der Waals surface area contributed by atoms with Crippen LogP contribution in [0.5, 0.6) is 5.75 Å². The van der Waals surface area contributed by atoms with E-state index in [1.54, 1.807) is 7.11 Å². The van der Waals surface area contributed by atoms with Crippen LogP contribution in [-0.4, -0.2) is 12.9 Å². The minimum Gasteiger partial charge on any atom is -0.495 e. The Morgan fingerprint density at radius 3 is 2.92 bits per heavy atom. The van der Waals surface area contributed by atoms with E-state index in [0.29, 0.717) is 17.0 Å². The van der Waals surface area contributed by atoms with Crippen molar-refractivity contribution in [1.29, 1.82) is 0 Å². The van der Waals surface area contributed by atoms with Crippen molar-refractivity contribution in [3.8, 4) is 5.75 Å². The van der Waals surface area contributed by atoms with Gasteiger partial charge in [-0.15, -0.1) is 11.3 Å². The second-order valence-corrected chi connectivity index (χ2v) is 4.66. The van der Waals surface area contributed by atoms with Gasteiger partial charge < -0.3 is 4.74 Å². The molecule has 0 amide bonds. The van der Waals surface area contributed by atoms with Gasteiger partial charge in [-0.1, -0.05) is 6.92 Å². The molecule has 1 rings (SSSR count). The van der Waals surface area contributed by atoms with Crippen molar-refractivity contribution in [3.63, 3.8) is 0 Å². The van der Waals surface area contributed by atoms with Crippen LogP contribution in [0.3, 0.4) is 0 Å². The second-order valence-electron chi connectivity index (χ2n) is 2.22. The molecule has 66 valence electrons. The van der Waals surface area contributed by atoms with Crippen LogP contribution in [0, 0.1) is 0 Å². The van der Waals surface area contributed by atoms with Gasteiger partial charge in [0.05, 0.1) is 10.9 Å². The number of halogens is 1. The van der Waals surface area contributed by atoms with Crippen molar-refractivity contribution in [2.45, 2.75) is 13.3 Å². The molecule has 1 heterocycles. The molecule has 0 fully saturated rings. The van der Waals surface area contributed by atoms with E-state index in [2.05, 4.69) is 15.9 Å². The number of rotatable bonds is 3. The van der Waals surface area contributed by atoms with Gasteiger partial charge >= 0.3 is 0 Å². The maximum Gasteiger partial charge on any atom is 0.176 e. The summed E-state index contributed by atoms with van der Waals surface area (Å²) < 4.78 is 5.98. The quantitative estimate of drug-likeness (QED) is 0.769. The summed E-state index contributed by atoms with van der Waals surface area (Å²) in [5, 5.41) is 0. The highest BCUT2D eigenvalue weighted by Crippen LogP contribution is 2.33. The van der Waals surface area contributed by atoms with Crippen LogP contribution in [0.1, 0.15) is 23.0 Å². The summed E-state index contributed by atoms with van der Waals surface area (Å²) >= 11 is 4.72. The molecule has 0 bridgehead atoms. The van der Waals surface area contributed by atoms with Gasteiger partial charge in [0.15, 0.2) is 5.78 Å². The predicted molar refractivity (Wildman–Crippen MR) is 53.2 cm³/mol. The van der Waals surface area contributed by atoms with Crippen LogP contribution in [-0.2, 0) is 0 Å². The fourth-order valence-electron chi connectivity index (χ4n) is 0.852. The first-order valence-corrected chi connectivity index (χ1v) is 5.16. The van der Waals surface area contributed by atoms with Crippen LogP contribution in [0.4, 0.5) is 0 Å². The molecule has 1 aromatic rings. The summed E-state index contributed by atoms with van der Waals surface area (Å²) in [5.74, 6) is 0.793. The maximum atomic E-state index is 11.3. The first-order valence-electron chi connectivity index (χ1n) is 3.55. The van der Waals surface area contributed by atoms with Crippen molar-refractivity contribution in [3.05, 3.63) is 14.7 Å². The molecule has 0 radical (unpaired) electrons. The average Bonchev–Trinajstić information content (AvgIpc) is 2.45. The summed E-state index contributed by atoms with van der Waals surface area (Å²) in [6.45, 7) is 1.84. The molecule has 0 aromatic carbocycles. The second kappa shape index (κ2) is 4.05. The van der Waals surface area contributed by atoms with Crippen molar-refractivity contribution in [2.24, 2.45) is 0 Å². The average molecular weight is 249 g/mol. The topological polar surface area (TPSA) is 26.3 Å². The third-order valence-corrected chi connectivity index (χ3v) is 3.12.